The van der Waals surface area contributed by atoms with Crippen LogP contribution in [-0.4, -0.2) is 11.9 Å². The van der Waals surface area contributed by atoms with E-state index in [1.807, 2.05) is 13.0 Å². The molecule has 2 heteroatoms. The van der Waals surface area contributed by atoms with E-state index in [4.69, 9.17) is 10.8 Å². The van der Waals surface area contributed by atoms with Gasteiger partial charge in [0.25, 0.3) is 0 Å². The van der Waals surface area contributed by atoms with Crippen molar-refractivity contribution in [2.24, 2.45) is 5.92 Å². The highest BCUT2D eigenvalue weighted by Gasteiger charge is 2.18. The van der Waals surface area contributed by atoms with Gasteiger partial charge in [-0.05, 0) is 55.4 Å². The first-order chi connectivity index (χ1) is 9.08. The summed E-state index contributed by atoms with van der Waals surface area (Å²) in [5, 5.41) is 14.9. The van der Waals surface area contributed by atoms with Crippen molar-refractivity contribution >= 4 is 18.0 Å². The minimum atomic E-state index is 0.404. The van der Waals surface area contributed by atoms with Crippen LogP contribution < -0.4 is 0 Å². The van der Waals surface area contributed by atoms with E-state index in [2.05, 4.69) is 37.8 Å². The third-order valence-electron chi connectivity index (χ3n) is 3.69. The Labute approximate surface area is 116 Å². The maximum Gasteiger partial charge on any atom is 0.00583 e. The Morgan fingerprint density at radius 1 is 1.42 bits per heavy atom. The fourth-order valence-corrected chi connectivity index (χ4v) is 2.37. The average Bonchev–Trinajstić information content (AvgIpc) is 2.42. The molecule has 0 radical (unpaired) electrons. The molecule has 2 unspecified atom stereocenters. The molecule has 0 aromatic heterocycles. The van der Waals surface area contributed by atoms with Gasteiger partial charge in [0, 0.05) is 5.71 Å². The molecule has 1 aromatic carbocycles. The van der Waals surface area contributed by atoms with Gasteiger partial charge in [0.15, 0.2) is 0 Å². The molecule has 0 heterocycles. The summed E-state index contributed by atoms with van der Waals surface area (Å²) in [5.41, 5.74) is 3.16. The molecule has 2 nitrogen and oxygen atoms in total. The second-order valence-electron chi connectivity index (χ2n) is 5.18. The molecule has 0 saturated carbocycles. The molecule has 102 valence electrons. The molecule has 0 aliphatic carbocycles. The standard InChI is InChI=1S/C17H24N2/c1-4-15-6-5-7-17(12-15)14(3)16(10-11-18)9-8-13(2)19/h4-7,11-12,14,16,18-19H,1,8-10H2,2-3H3. The molecule has 0 aliphatic heterocycles. The summed E-state index contributed by atoms with van der Waals surface area (Å²) >= 11 is 0. The molecule has 0 aliphatic rings. The summed E-state index contributed by atoms with van der Waals surface area (Å²) in [6.45, 7) is 7.88. The van der Waals surface area contributed by atoms with E-state index in [9.17, 15) is 0 Å². The minimum absolute atomic E-state index is 0.404. The molecule has 1 aromatic rings. The Morgan fingerprint density at radius 3 is 2.74 bits per heavy atom. The molecule has 0 fully saturated rings. The maximum atomic E-state index is 7.56. The lowest BCUT2D eigenvalue weighted by Gasteiger charge is -2.23. The van der Waals surface area contributed by atoms with Crippen LogP contribution in [0.3, 0.4) is 0 Å². The fourth-order valence-electron chi connectivity index (χ4n) is 2.37. The normalized spacial score (nSPS) is 13.6. The first kappa shape index (κ1) is 15.4. The van der Waals surface area contributed by atoms with Crippen LogP contribution in [0.4, 0.5) is 0 Å². The van der Waals surface area contributed by atoms with E-state index < -0.39 is 0 Å². The van der Waals surface area contributed by atoms with Crippen molar-refractivity contribution in [1.82, 2.24) is 0 Å². The lowest BCUT2D eigenvalue weighted by Crippen LogP contribution is -2.12. The van der Waals surface area contributed by atoms with Crippen molar-refractivity contribution in [3.05, 3.63) is 42.0 Å². The molecule has 1 rings (SSSR count). The Kier molecular flexibility index (Phi) is 6.20. The van der Waals surface area contributed by atoms with Crippen molar-refractivity contribution in [3.8, 4) is 0 Å². The Balaban J connectivity index is 2.84. The Morgan fingerprint density at radius 2 is 2.16 bits per heavy atom. The monoisotopic (exact) mass is 256 g/mol. The summed E-state index contributed by atoms with van der Waals surface area (Å²) < 4.78 is 0. The zero-order valence-electron chi connectivity index (χ0n) is 11.9. The third-order valence-corrected chi connectivity index (χ3v) is 3.69. The summed E-state index contributed by atoms with van der Waals surface area (Å²) in [7, 11) is 0. The summed E-state index contributed by atoms with van der Waals surface area (Å²) in [6, 6.07) is 8.43. The molecule has 0 saturated heterocycles. The van der Waals surface area contributed by atoms with Crippen LogP contribution in [0.15, 0.2) is 30.8 Å². The molecule has 19 heavy (non-hydrogen) atoms. The van der Waals surface area contributed by atoms with Crippen LogP contribution in [0, 0.1) is 16.7 Å². The maximum absolute atomic E-state index is 7.56. The molecule has 0 bridgehead atoms. The largest absolute Gasteiger partial charge is 0.313 e. The zero-order valence-corrected chi connectivity index (χ0v) is 11.9. The van der Waals surface area contributed by atoms with E-state index in [0.717, 1.165) is 30.5 Å². The number of hydrogen-bond acceptors (Lipinski definition) is 2. The Hall–Kier alpha value is -1.70. The van der Waals surface area contributed by atoms with Crippen LogP contribution in [-0.2, 0) is 0 Å². The Bertz CT molecular complexity index is 448. The van der Waals surface area contributed by atoms with Gasteiger partial charge in [0.2, 0.25) is 0 Å². The van der Waals surface area contributed by atoms with Gasteiger partial charge in [-0.25, -0.2) is 0 Å². The number of rotatable bonds is 8. The predicted molar refractivity (Wildman–Crippen MR) is 84.5 cm³/mol. The van der Waals surface area contributed by atoms with Gasteiger partial charge in [0.1, 0.15) is 0 Å². The highest BCUT2D eigenvalue weighted by atomic mass is 14.4. The van der Waals surface area contributed by atoms with Crippen LogP contribution >= 0.6 is 0 Å². The lowest BCUT2D eigenvalue weighted by atomic mass is 9.82. The van der Waals surface area contributed by atoms with Gasteiger partial charge in [-0.1, -0.05) is 43.8 Å². The highest BCUT2D eigenvalue weighted by Crippen LogP contribution is 2.30. The van der Waals surface area contributed by atoms with Crippen molar-refractivity contribution < 1.29 is 0 Å². The second-order valence-corrected chi connectivity index (χ2v) is 5.18. The summed E-state index contributed by atoms with van der Waals surface area (Å²) in [6.07, 6.45) is 5.95. The van der Waals surface area contributed by atoms with E-state index in [1.54, 1.807) is 0 Å². The zero-order chi connectivity index (χ0) is 14.3. The molecule has 0 spiro atoms. The fraction of sp³-hybridized carbons (Fsp3) is 0.412. The van der Waals surface area contributed by atoms with Crippen molar-refractivity contribution in [2.45, 2.75) is 39.0 Å². The van der Waals surface area contributed by atoms with Crippen LogP contribution in [0.2, 0.25) is 0 Å². The van der Waals surface area contributed by atoms with Gasteiger partial charge < -0.3 is 10.8 Å². The third kappa shape index (κ3) is 4.82. The van der Waals surface area contributed by atoms with Gasteiger partial charge >= 0.3 is 0 Å². The van der Waals surface area contributed by atoms with Gasteiger partial charge in [-0.3, -0.25) is 0 Å². The van der Waals surface area contributed by atoms with E-state index in [-0.39, 0.29) is 0 Å². The van der Waals surface area contributed by atoms with Crippen molar-refractivity contribution in [1.29, 1.82) is 10.8 Å². The van der Waals surface area contributed by atoms with Crippen LogP contribution in [0.1, 0.15) is 50.2 Å². The SMILES string of the molecule is C=Cc1cccc(C(C)C(CC=N)CCC(C)=N)c1. The summed E-state index contributed by atoms with van der Waals surface area (Å²) in [4.78, 5) is 0. The molecule has 2 atom stereocenters. The van der Waals surface area contributed by atoms with E-state index >= 15 is 0 Å². The van der Waals surface area contributed by atoms with Crippen molar-refractivity contribution in [2.75, 3.05) is 0 Å². The molecule has 2 N–H and O–H groups in total. The second kappa shape index (κ2) is 7.67. The predicted octanol–water partition coefficient (Wildman–Crippen LogP) is 4.91. The molecular formula is C17H24N2. The molecular weight excluding hydrogens is 232 g/mol. The quantitative estimate of drug-likeness (QED) is 0.621. The average molecular weight is 256 g/mol. The number of hydrogen-bond donors (Lipinski definition) is 2. The van der Waals surface area contributed by atoms with Gasteiger partial charge in [-0.15, -0.1) is 0 Å². The van der Waals surface area contributed by atoms with Gasteiger partial charge in [-0.2, -0.15) is 0 Å². The lowest BCUT2D eigenvalue weighted by molar-refractivity contribution is 0.438. The minimum Gasteiger partial charge on any atom is -0.313 e. The smallest absolute Gasteiger partial charge is 0.00583 e. The van der Waals surface area contributed by atoms with E-state index in [1.165, 1.54) is 11.8 Å². The topological polar surface area (TPSA) is 47.7 Å². The first-order valence-electron chi connectivity index (χ1n) is 6.83. The summed E-state index contributed by atoms with van der Waals surface area (Å²) in [5.74, 6) is 0.832. The highest BCUT2D eigenvalue weighted by molar-refractivity contribution is 5.78. The van der Waals surface area contributed by atoms with E-state index in [0.29, 0.717) is 11.8 Å². The van der Waals surface area contributed by atoms with Crippen molar-refractivity contribution in [3.63, 3.8) is 0 Å². The van der Waals surface area contributed by atoms with Crippen LogP contribution in [0.25, 0.3) is 6.08 Å². The van der Waals surface area contributed by atoms with Gasteiger partial charge in [0.05, 0.1) is 0 Å². The number of nitrogens with one attached hydrogen (secondary N) is 2. The molecule has 0 amide bonds. The van der Waals surface area contributed by atoms with Crippen LogP contribution in [0.5, 0.6) is 0 Å². The number of benzene rings is 1. The first-order valence-corrected chi connectivity index (χ1v) is 6.83.